The minimum atomic E-state index is -1.11. The molecule has 0 saturated carbocycles. The number of amides is 1. The van der Waals surface area contributed by atoms with Crippen LogP contribution in [0.4, 0.5) is 0 Å². The third-order valence-corrected chi connectivity index (χ3v) is 3.49. The van der Waals surface area contributed by atoms with Crippen molar-refractivity contribution in [3.05, 3.63) is 28.5 Å². The molecule has 1 amide bonds. The first-order valence-electron chi connectivity index (χ1n) is 5.47. The van der Waals surface area contributed by atoms with Gasteiger partial charge in [-0.05, 0) is 0 Å². The van der Waals surface area contributed by atoms with Crippen molar-refractivity contribution in [3.8, 4) is 0 Å². The maximum Gasteiger partial charge on any atom is 0.358 e. The van der Waals surface area contributed by atoms with Crippen LogP contribution in [0.5, 0.6) is 0 Å². The first-order chi connectivity index (χ1) is 9.15. The third kappa shape index (κ3) is 2.08. The zero-order chi connectivity index (χ0) is 13.4. The summed E-state index contributed by atoms with van der Waals surface area (Å²) in [5, 5.41) is 17.7. The van der Waals surface area contributed by atoms with E-state index in [-0.39, 0.29) is 17.6 Å². The molecule has 0 radical (unpaired) electrons. The van der Waals surface area contributed by atoms with Crippen LogP contribution >= 0.6 is 11.3 Å². The van der Waals surface area contributed by atoms with Gasteiger partial charge in [0, 0.05) is 18.5 Å². The number of hydrogen-bond donors (Lipinski definition) is 1. The highest BCUT2D eigenvalue weighted by atomic mass is 32.1. The van der Waals surface area contributed by atoms with Gasteiger partial charge in [0.15, 0.2) is 5.69 Å². The molecule has 2 aromatic heterocycles. The highest BCUT2D eigenvalue weighted by Crippen LogP contribution is 2.22. The summed E-state index contributed by atoms with van der Waals surface area (Å²) in [5.41, 5.74) is 1.96. The molecule has 0 unspecified atom stereocenters. The lowest BCUT2D eigenvalue weighted by Crippen LogP contribution is -2.51. The van der Waals surface area contributed by atoms with Gasteiger partial charge < -0.3 is 10.0 Å². The number of carbonyl (C=O) groups excluding carboxylic acids is 1. The number of carboxylic acid groups (broad SMARTS) is 1. The average molecular weight is 279 g/mol. The van der Waals surface area contributed by atoms with E-state index >= 15 is 0 Å². The molecule has 1 aliphatic heterocycles. The fourth-order valence-corrected chi connectivity index (χ4v) is 2.35. The second-order valence-corrected chi connectivity index (χ2v) is 4.85. The monoisotopic (exact) mass is 279 g/mol. The Morgan fingerprint density at radius 2 is 2.16 bits per heavy atom. The number of aromatic carboxylic acids is 1. The van der Waals surface area contributed by atoms with Gasteiger partial charge in [-0.2, -0.15) is 0 Å². The molecule has 98 valence electrons. The Morgan fingerprint density at radius 1 is 1.37 bits per heavy atom. The van der Waals surface area contributed by atoms with Crippen molar-refractivity contribution >= 4 is 23.2 Å². The normalized spacial score (nSPS) is 15.3. The van der Waals surface area contributed by atoms with Crippen molar-refractivity contribution in [1.29, 1.82) is 0 Å². The summed E-state index contributed by atoms with van der Waals surface area (Å²) >= 11 is 1.37. The molecule has 0 bridgehead atoms. The van der Waals surface area contributed by atoms with Crippen LogP contribution in [0.25, 0.3) is 0 Å². The number of thiazole rings is 1. The highest BCUT2D eigenvalue weighted by molar-refractivity contribution is 7.07. The first kappa shape index (κ1) is 11.8. The minimum absolute atomic E-state index is 0.0248. The minimum Gasteiger partial charge on any atom is -0.476 e. The SMILES string of the molecule is O=C(O)c1cn(C2CN(C(=O)c3cscn3)C2)nn1. The number of aromatic nitrogens is 4. The predicted molar refractivity (Wildman–Crippen MR) is 64.0 cm³/mol. The summed E-state index contributed by atoms with van der Waals surface area (Å²) in [5.74, 6) is -1.22. The Morgan fingerprint density at radius 3 is 2.74 bits per heavy atom. The van der Waals surface area contributed by atoms with Gasteiger partial charge in [-0.25, -0.2) is 14.5 Å². The van der Waals surface area contributed by atoms with Crippen molar-refractivity contribution in [2.24, 2.45) is 0 Å². The van der Waals surface area contributed by atoms with E-state index in [2.05, 4.69) is 15.3 Å². The summed E-state index contributed by atoms with van der Waals surface area (Å²) < 4.78 is 1.48. The first-order valence-corrected chi connectivity index (χ1v) is 6.42. The molecule has 1 N–H and O–H groups in total. The van der Waals surface area contributed by atoms with Crippen LogP contribution in [0.15, 0.2) is 17.1 Å². The van der Waals surface area contributed by atoms with Gasteiger partial charge in [-0.1, -0.05) is 5.21 Å². The lowest BCUT2D eigenvalue weighted by molar-refractivity contribution is 0.0492. The maximum atomic E-state index is 11.9. The molecular weight excluding hydrogens is 270 g/mol. The van der Waals surface area contributed by atoms with E-state index in [1.807, 2.05) is 0 Å². The third-order valence-electron chi connectivity index (χ3n) is 2.90. The summed E-state index contributed by atoms with van der Waals surface area (Å²) in [6.45, 7) is 0.970. The quantitative estimate of drug-likeness (QED) is 0.857. The van der Waals surface area contributed by atoms with E-state index in [9.17, 15) is 9.59 Å². The van der Waals surface area contributed by atoms with Crippen molar-refractivity contribution in [3.63, 3.8) is 0 Å². The maximum absolute atomic E-state index is 11.9. The molecule has 1 fully saturated rings. The summed E-state index contributed by atoms with van der Waals surface area (Å²) in [6.07, 6.45) is 1.37. The van der Waals surface area contributed by atoms with Gasteiger partial charge in [0.2, 0.25) is 0 Å². The van der Waals surface area contributed by atoms with E-state index in [4.69, 9.17) is 5.11 Å². The predicted octanol–water partition coefficient (Wildman–Crippen LogP) is 0.130. The summed E-state index contributed by atoms with van der Waals surface area (Å²) in [7, 11) is 0. The van der Waals surface area contributed by atoms with E-state index in [0.29, 0.717) is 18.8 Å². The molecule has 0 atom stereocenters. The fraction of sp³-hybridized carbons (Fsp3) is 0.300. The largest absolute Gasteiger partial charge is 0.476 e. The summed E-state index contributed by atoms with van der Waals surface area (Å²) in [6, 6.07) is -0.0248. The van der Waals surface area contributed by atoms with E-state index in [1.54, 1.807) is 15.8 Å². The molecule has 3 rings (SSSR count). The van der Waals surface area contributed by atoms with Gasteiger partial charge in [-0.15, -0.1) is 16.4 Å². The van der Waals surface area contributed by atoms with Crippen molar-refractivity contribution < 1.29 is 14.7 Å². The fourth-order valence-electron chi connectivity index (χ4n) is 1.82. The molecule has 8 nitrogen and oxygen atoms in total. The zero-order valence-electron chi connectivity index (χ0n) is 9.63. The number of hydrogen-bond acceptors (Lipinski definition) is 6. The van der Waals surface area contributed by atoms with E-state index < -0.39 is 5.97 Å². The highest BCUT2D eigenvalue weighted by Gasteiger charge is 2.34. The van der Waals surface area contributed by atoms with Crippen LogP contribution in [-0.4, -0.2) is 55.0 Å². The molecule has 1 saturated heterocycles. The molecular formula is C10H9N5O3S. The number of carbonyl (C=O) groups is 2. The molecule has 0 aromatic carbocycles. The van der Waals surface area contributed by atoms with Crippen molar-refractivity contribution in [1.82, 2.24) is 24.9 Å². The Balaban J connectivity index is 1.63. The Bertz CT molecular complexity index is 617. The number of rotatable bonds is 3. The Labute approximate surface area is 111 Å². The Kier molecular flexibility index (Phi) is 2.75. The van der Waals surface area contributed by atoms with Crippen molar-refractivity contribution in [2.75, 3.05) is 13.1 Å². The molecule has 0 aliphatic carbocycles. The van der Waals surface area contributed by atoms with Gasteiger partial charge in [0.25, 0.3) is 5.91 Å². The molecule has 3 heterocycles. The van der Waals surface area contributed by atoms with Gasteiger partial charge in [0.05, 0.1) is 17.7 Å². The average Bonchev–Trinajstić information content (AvgIpc) is 2.98. The lowest BCUT2D eigenvalue weighted by Gasteiger charge is -2.38. The Hall–Kier alpha value is -2.29. The van der Waals surface area contributed by atoms with Gasteiger partial charge in [0.1, 0.15) is 5.69 Å². The second kappa shape index (κ2) is 4.43. The molecule has 2 aromatic rings. The number of nitrogens with zero attached hydrogens (tertiary/aromatic N) is 5. The number of likely N-dealkylation sites (tertiary alicyclic amines) is 1. The number of carboxylic acids is 1. The van der Waals surface area contributed by atoms with E-state index in [0.717, 1.165) is 0 Å². The van der Waals surface area contributed by atoms with Crippen LogP contribution in [0, 0.1) is 0 Å². The van der Waals surface area contributed by atoms with Crippen LogP contribution in [0.3, 0.4) is 0 Å². The van der Waals surface area contributed by atoms with Gasteiger partial charge in [-0.3, -0.25) is 4.79 Å². The lowest BCUT2D eigenvalue weighted by atomic mass is 10.1. The molecule has 1 aliphatic rings. The summed E-state index contributed by atoms with van der Waals surface area (Å²) in [4.78, 5) is 28.2. The zero-order valence-corrected chi connectivity index (χ0v) is 10.4. The second-order valence-electron chi connectivity index (χ2n) is 4.13. The molecule has 19 heavy (non-hydrogen) atoms. The standard InChI is InChI=1S/C10H9N5O3S/c16-9(8-4-19-5-11-8)14-1-6(2-14)15-3-7(10(17)18)12-13-15/h3-6H,1-2H2,(H,17,18). The van der Waals surface area contributed by atoms with Gasteiger partial charge >= 0.3 is 5.97 Å². The smallest absolute Gasteiger partial charge is 0.358 e. The van der Waals surface area contributed by atoms with Crippen LogP contribution in [0.2, 0.25) is 0 Å². The van der Waals surface area contributed by atoms with Crippen LogP contribution < -0.4 is 0 Å². The van der Waals surface area contributed by atoms with Crippen LogP contribution in [-0.2, 0) is 0 Å². The topological polar surface area (TPSA) is 101 Å². The van der Waals surface area contributed by atoms with Crippen molar-refractivity contribution in [2.45, 2.75) is 6.04 Å². The van der Waals surface area contributed by atoms with Crippen LogP contribution in [0.1, 0.15) is 27.0 Å². The molecule has 9 heteroatoms. The molecule has 0 spiro atoms. The van der Waals surface area contributed by atoms with E-state index in [1.165, 1.54) is 22.2 Å².